The lowest BCUT2D eigenvalue weighted by Gasteiger charge is -2.09. The van der Waals surface area contributed by atoms with E-state index in [2.05, 4.69) is 26.5 Å². The fourth-order valence-electron chi connectivity index (χ4n) is 1.83. The molecule has 0 aliphatic heterocycles. The lowest BCUT2D eigenvalue weighted by Crippen LogP contribution is -2.18. The Hall–Kier alpha value is -2.05. The minimum absolute atomic E-state index is 0.328. The van der Waals surface area contributed by atoms with Crippen LogP contribution in [-0.4, -0.2) is 26.3 Å². The number of ether oxygens (including phenoxy) is 2. The number of hydrazone groups is 1. The van der Waals surface area contributed by atoms with Crippen molar-refractivity contribution >= 4 is 39.7 Å². The summed E-state index contributed by atoms with van der Waals surface area (Å²) in [6.07, 6.45) is 1.44. The minimum Gasteiger partial charge on any atom is -0.493 e. The van der Waals surface area contributed by atoms with Crippen LogP contribution in [0.25, 0.3) is 0 Å². The number of rotatable bonds is 5. The van der Waals surface area contributed by atoms with Gasteiger partial charge in [-0.1, -0.05) is 23.7 Å². The van der Waals surface area contributed by atoms with E-state index in [-0.39, 0.29) is 5.91 Å². The molecule has 120 valence electrons. The summed E-state index contributed by atoms with van der Waals surface area (Å²) in [6, 6.07) is 10.4. The van der Waals surface area contributed by atoms with Crippen molar-refractivity contribution in [3.8, 4) is 11.5 Å². The van der Waals surface area contributed by atoms with Gasteiger partial charge in [0, 0.05) is 16.1 Å². The van der Waals surface area contributed by atoms with Crippen molar-refractivity contribution in [1.29, 1.82) is 0 Å². The van der Waals surface area contributed by atoms with Crippen molar-refractivity contribution in [3.63, 3.8) is 0 Å². The first kappa shape index (κ1) is 17.3. The molecule has 2 aromatic rings. The summed E-state index contributed by atoms with van der Waals surface area (Å²) in [5.41, 5.74) is 3.53. The number of benzene rings is 2. The predicted molar refractivity (Wildman–Crippen MR) is 93.8 cm³/mol. The van der Waals surface area contributed by atoms with Crippen molar-refractivity contribution < 1.29 is 14.3 Å². The van der Waals surface area contributed by atoms with E-state index in [1.807, 2.05) is 6.07 Å². The predicted octanol–water partition coefficient (Wildman–Crippen LogP) is 3.88. The van der Waals surface area contributed by atoms with Crippen molar-refractivity contribution in [1.82, 2.24) is 5.43 Å². The Bertz CT molecular complexity index is 750. The van der Waals surface area contributed by atoms with E-state index >= 15 is 0 Å². The average molecular weight is 398 g/mol. The third-order valence-electron chi connectivity index (χ3n) is 2.99. The van der Waals surface area contributed by atoms with Crippen LogP contribution in [-0.2, 0) is 0 Å². The summed E-state index contributed by atoms with van der Waals surface area (Å²) < 4.78 is 11.1. The molecule has 0 unspecified atom stereocenters. The smallest absolute Gasteiger partial charge is 0.272 e. The number of carbonyl (C=O) groups is 1. The zero-order chi connectivity index (χ0) is 16.8. The van der Waals surface area contributed by atoms with E-state index < -0.39 is 0 Å². The highest BCUT2D eigenvalue weighted by Gasteiger charge is 2.10. The SMILES string of the molecule is COc1cc(Cl)c(/C=N\NC(=O)c2ccccc2Br)cc1OC. The van der Waals surface area contributed by atoms with Gasteiger partial charge in [-0.05, 0) is 34.1 Å². The second-order valence-electron chi connectivity index (χ2n) is 4.41. The van der Waals surface area contributed by atoms with Gasteiger partial charge in [-0.25, -0.2) is 5.43 Å². The van der Waals surface area contributed by atoms with Gasteiger partial charge in [0.1, 0.15) is 0 Å². The van der Waals surface area contributed by atoms with Gasteiger partial charge in [-0.15, -0.1) is 0 Å². The Morgan fingerprint density at radius 2 is 1.87 bits per heavy atom. The van der Waals surface area contributed by atoms with Crippen LogP contribution in [0.3, 0.4) is 0 Å². The largest absolute Gasteiger partial charge is 0.493 e. The zero-order valence-corrected chi connectivity index (χ0v) is 14.8. The molecule has 0 bridgehead atoms. The van der Waals surface area contributed by atoms with E-state index in [4.69, 9.17) is 21.1 Å². The maximum absolute atomic E-state index is 12.0. The van der Waals surface area contributed by atoms with Crippen LogP contribution in [0.2, 0.25) is 5.02 Å². The highest BCUT2D eigenvalue weighted by atomic mass is 79.9. The summed E-state index contributed by atoms with van der Waals surface area (Å²) in [6.45, 7) is 0. The average Bonchev–Trinajstić information content (AvgIpc) is 2.56. The van der Waals surface area contributed by atoms with Gasteiger partial charge in [-0.2, -0.15) is 5.10 Å². The molecule has 23 heavy (non-hydrogen) atoms. The highest BCUT2D eigenvalue weighted by molar-refractivity contribution is 9.10. The molecule has 0 aromatic heterocycles. The molecule has 5 nitrogen and oxygen atoms in total. The Morgan fingerprint density at radius 1 is 1.22 bits per heavy atom. The fraction of sp³-hybridized carbons (Fsp3) is 0.125. The van der Waals surface area contributed by atoms with Crippen LogP contribution in [0.4, 0.5) is 0 Å². The zero-order valence-electron chi connectivity index (χ0n) is 12.5. The van der Waals surface area contributed by atoms with E-state index in [0.717, 1.165) is 0 Å². The Balaban J connectivity index is 2.15. The van der Waals surface area contributed by atoms with E-state index in [9.17, 15) is 4.79 Å². The second-order valence-corrected chi connectivity index (χ2v) is 5.67. The lowest BCUT2D eigenvalue weighted by molar-refractivity contribution is 0.0954. The molecule has 7 heteroatoms. The van der Waals surface area contributed by atoms with E-state index in [0.29, 0.717) is 32.1 Å². The first-order chi connectivity index (χ1) is 11.1. The van der Waals surface area contributed by atoms with Crippen molar-refractivity contribution in [2.75, 3.05) is 14.2 Å². The number of nitrogens with zero attached hydrogens (tertiary/aromatic N) is 1. The van der Waals surface area contributed by atoms with Crippen LogP contribution in [0.15, 0.2) is 46.0 Å². The molecule has 0 aliphatic carbocycles. The number of carbonyl (C=O) groups excluding carboxylic acids is 1. The van der Waals surface area contributed by atoms with Crippen LogP contribution < -0.4 is 14.9 Å². The maximum Gasteiger partial charge on any atom is 0.272 e. The molecule has 1 N–H and O–H groups in total. The van der Waals surface area contributed by atoms with Crippen molar-refractivity contribution in [2.45, 2.75) is 0 Å². The monoisotopic (exact) mass is 396 g/mol. The Kier molecular flexibility index (Phi) is 6.01. The summed E-state index contributed by atoms with van der Waals surface area (Å²) in [4.78, 5) is 12.0. The minimum atomic E-state index is -0.328. The van der Waals surface area contributed by atoms with Crippen LogP contribution in [0.5, 0.6) is 11.5 Å². The first-order valence-electron chi connectivity index (χ1n) is 6.56. The molecule has 0 saturated carbocycles. The molecule has 0 saturated heterocycles. The third kappa shape index (κ3) is 4.24. The number of halogens is 2. The molecular formula is C16H14BrClN2O3. The molecule has 2 aromatic carbocycles. The quantitative estimate of drug-likeness (QED) is 0.615. The number of hydrogen-bond donors (Lipinski definition) is 1. The molecule has 0 spiro atoms. The van der Waals surface area contributed by atoms with Gasteiger partial charge in [0.15, 0.2) is 11.5 Å². The summed E-state index contributed by atoms with van der Waals surface area (Å²) in [5.74, 6) is 0.715. The molecule has 1 amide bonds. The standard InChI is InChI=1S/C16H14BrClN2O3/c1-22-14-7-10(13(18)8-15(14)23-2)9-19-20-16(21)11-5-3-4-6-12(11)17/h3-9H,1-2H3,(H,20,21)/b19-9-. The number of methoxy groups -OCH3 is 2. The van der Waals surface area contributed by atoms with Gasteiger partial charge < -0.3 is 9.47 Å². The van der Waals surface area contributed by atoms with Gasteiger partial charge >= 0.3 is 0 Å². The number of amides is 1. The first-order valence-corrected chi connectivity index (χ1v) is 7.73. The lowest BCUT2D eigenvalue weighted by atomic mass is 10.2. The van der Waals surface area contributed by atoms with Crippen LogP contribution >= 0.6 is 27.5 Å². The van der Waals surface area contributed by atoms with E-state index in [1.165, 1.54) is 20.4 Å². The normalized spacial score (nSPS) is 10.6. The maximum atomic E-state index is 12.0. The van der Waals surface area contributed by atoms with Gasteiger partial charge in [0.05, 0.1) is 31.0 Å². The Labute approximate surface area is 147 Å². The molecule has 0 heterocycles. The van der Waals surface area contributed by atoms with Crippen molar-refractivity contribution in [3.05, 3.63) is 57.0 Å². The van der Waals surface area contributed by atoms with Gasteiger partial charge in [0.2, 0.25) is 0 Å². The number of hydrogen-bond acceptors (Lipinski definition) is 4. The van der Waals surface area contributed by atoms with Crippen LogP contribution in [0, 0.1) is 0 Å². The van der Waals surface area contributed by atoms with Crippen LogP contribution in [0.1, 0.15) is 15.9 Å². The molecular weight excluding hydrogens is 384 g/mol. The Morgan fingerprint density at radius 3 is 2.52 bits per heavy atom. The summed E-state index contributed by atoms with van der Waals surface area (Å²) >= 11 is 9.46. The second kappa shape index (κ2) is 7.99. The molecule has 0 radical (unpaired) electrons. The number of nitrogens with one attached hydrogen (secondary N) is 1. The highest BCUT2D eigenvalue weighted by Crippen LogP contribution is 2.32. The fourth-order valence-corrected chi connectivity index (χ4v) is 2.50. The molecule has 0 atom stereocenters. The molecule has 2 rings (SSSR count). The molecule has 0 fully saturated rings. The van der Waals surface area contributed by atoms with Gasteiger partial charge in [0.25, 0.3) is 5.91 Å². The summed E-state index contributed by atoms with van der Waals surface area (Å²) in [7, 11) is 3.06. The summed E-state index contributed by atoms with van der Waals surface area (Å²) in [5, 5.41) is 4.36. The molecule has 0 aliphatic rings. The van der Waals surface area contributed by atoms with Gasteiger partial charge in [-0.3, -0.25) is 4.79 Å². The topological polar surface area (TPSA) is 59.9 Å². The van der Waals surface area contributed by atoms with Crippen molar-refractivity contribution in [2.24, 2.45) is 5.10 Å². The van der Waals surface area contributed by atoms with E-state index in [1.54, 1.807) is 30.3 Å². The third-order valence-corrected chi connectivity index (χ3v) is 4.01.